The Bertz CT molecular complexity index is 764. The third-order valence-electron chi connectivity index (χ3n) is 5.54. The van der Waals surface area contributed by atoms with E-state index in [0.29, 0.717) is 0 Å². The molecule has 0 spiro atoms. The minimum atomic E-state index is 0.149. The molecule has 2 saturated heterocycles. The van der Waals surface area contributed by atoms with Crippen LogP contribution in [0.25, 0.3) is 10.8 Å². The molecule has 2 heterocycles. The summed E-state index contributed by atoms with van der Waals surface area (Å²) >= 11 is 0. The van der Waals surface area contributed by atoms with Crippen molar-refractivity contribution in [1.29, 1.82) is 0 Å². The lowest BCUT2D eigenvalue weighted by Gasteiger charge is -2.31. The molecule has 4 heteroatoms. The summed E-state index contributed by atoms with van der Waals surface area (Å²) in [6, 6.07) is 12.1. The minimum Gasteiger partial charge on any atom is -0.494 e. The molecule has 138 valence electrons. The molecule has 0 radical (unpaired) electrons. The fourth-order valence-electron chi connectivity index (χ4n) is 3.81. The minimum absolute atomic E-state index is 0.149. The van der Waals surface area contributed by atoms with E-state index in [0.717, 1.165) is 61.2 Å². The highest BCUT2D eigenvalue weighted by atomic mass is 16.5. The van der Waals surface area contributed by atoms with E-state index in [-0.39, 0.29) is 5.91 Å². The first-order valence-electron chi connectivity index (χ1n) is 9.98. The molecule has 2 aliphatic heterocycles. The predicted octanol–water partition coefficient (Wildman–Crippen LogP) is 3.94. The maximum atomic E-state index is 12.3. The molecule has 4 rings (SSSR count). The summed E-state index contributed by atoms with van der Waals surface area (Å²) in [4.78, 5) is 16.8. The van der Waals surface area contributed by atoms with Crippen molar-refractivity contribution in [2.24, 2.45) is 0 Å². The van der Waals surface area contributed by atoms with E-state index in [9.17, 15) is 4.79 Å². The van der Waals surface area contributed by atoms with Crippen LogP contribution in [0.1, 0.15) is 42.5 Å². The zero-order valence-corrected chi connectivity index (χ0v) is 15.5. The van der Waals surface area contributed by atoms with Gasteiger partial charge in [0.05, 0.1) is 6.61 Å². The van der Waals surface area contributed by atoms with Crippen LogP contribution in [-0.4, -0.2) is 55.0 Å². The molecule has 0 aliphatic carbocycles. The molecule has 2 aromatic carbocycles. The second kappa shape index (κ2) is 8.09. The third kappa shape index (κ3) is 4.01. The molecule has 2 aliphatic rings. The lowest BCUT2D eigenvalue weighted by atomic mass is 10.0. The van der Waals surface area contributed by atoms with Crippen molar-refractivity contribution in [3.8, 4) is 5.75 Å². The summed E-state index contributed by atoms with van der Waals surface area (Å²) < 4.78 is 5.95. The van der Waals surface area contributed by atoms with Crippen LogP contribution in [0, 0.1) is 0 Å². The van der Waals surface area contributed by atoms with Crippen LogP contribution in [0.2, 0.25) is 0 Å². The molecule has 0 unspecified atom stereocenters. The fourth-order valence-corrected chi connectivity index (χ4v) is 3.81. The lowest BCUT2D eigenvalue weighted by Crippen LogP contribution is -2.41. The Kier molecular flexibility index (Phi) is 5.40. The summed E-state index contributed by atoms with van der Waals surface area (Å²) in [5.41, 5.74) is 0.785. The standard InChI is InChI=1S/C22H28N2O2/c25-22(24-13-4-14-24)20-7-6-19-17-21(9-8-18(19)16-20)26-15-5-12-23-10-2-1-3-11-23/h6-9,16-17H,1-5,10-15H2. The Hall–Kier alpha value is -2.07. The molecule has 0 bridgehead atoms. The molecule has 0 atom stereocenters. The number of likely N-dealkylation sites (tertiary alicyclic amines) is 2. The van der Waals surface area contributed by atoms with Gasteiger partial charge in [-0.15, -0.1) is 0 Å². The van der Waals surface area contributed by atoms with Crippen molar-refractivity contribution in [1.82, 2.24) is 9.80 Å². The number of hydrogen-bond acceptors (Lipinski definition) is 3. The lowest BCUT2D eigenvalue weighted by molar-refractivity contribution is 0.0652. The van der Waals surface area contributed by atoms with Gasteiger partial charge in [0.1, 0.15) is 5.75 Å². The number of rotatable bonds is 6. The molecule has 4 nitrogen and oxygen atoms in total. The Morgan fingerprint density at radius 2 is 1.65 bits per heavy atom. The van der Waals surface area contributed by atoms with Gasteiger partial charge in [-0.25, -0.2) is 0 Å². The maximum absolute atomic E-state index is 12.3. The van der Waals surface area contributed by atoms with E-state index in [1.54, 1.807) is 0 Å². The normalized spacial score (nSPS) is 17.9. The van der Waals surface area contributed by atoms with Crippen LogP contribution in [0.5, 0.6) is 5.75 Å². The van der Waals surface area contributed by atoms with Gasteiger partial charge in [0.15, 0.2) is 0 Å². The molecule has 1 amide bonds. The van der Waals surface area contributed by atoms with E-state index in [1.807, 2.05) is 29.2 Å². The number of carbonyl (C=O) groups is 1. The molecular weight excluding hydrogens is 324 g/mol. The molecular formula is C22H28N2O2. The van der Waals surface area contributed by atoms with Crippen LogP contribution in [0.3, 0.4) is 0 Å². The van der Waals surface area contributed by atoms with Crippen molar-refractivity contribution < 1.29 is 9.53 Å². The summed E-state index contributed by atoms with van der Waals surface area (Å²) in [5, 5.41) is 2.22. The summed E-state index contributed by atoms with van der Waals surface area (Å²) in [6.07, 6.45) is 6.26. The summed E-state index contributed by atoms with van der Waals surface area (Å²) in [6.45, 7) is 6.16. The monoisotopic (exact) mass is 352 g/mol. The van der Waals surface area contributed by atoms with Gasteiger partial charge in [0.25, 0.3) is 5.91 Å². The highest BCUT2D eigenvalue weighted by Gasteiger charge is 2.21. The number of amides is 1. The van der Waals surface area contributed by atoms with Crippen LogP contribution in [-0.2, 0) is 0 Å². The topological polar surface area (TPSA) is 32.8 Å². The zero-order valence-electron chi connectivity index (χ0n) is 15.5. The molecule has 2 fully saturated rings. The van der Waals surface area contributed by atoms with E-state index in [1.165, 1.54) is 32.4 Å². The van der Waals surface area contributed by atoms with E-state index in [2.05, 4.69) is 17.0 Å². The van der Waals surface area contributed by atoms with Crippen LogP contribution < -0.4 is 4.74 Å². The Balaban J connectivity index is 1.32. The predicted molar refractivity (Wildman–Crippen MR) is 105 cm³/mol. The van der Waals surface area contributed by atoms with Crippen LogP contribution in [0.15, 0.2) is 36.4 Å². The first-order valence-corrected chi connectivity index (χ1v) is 9.98. The summed E-state index contributed by atoms with van der Waals surface area (Å²) in [5.74, 6) is 1.06. The molecule has 0 aromatic heterocycles. The van der Waals surface area contributed by atoms with Gasteiger partial charge in [-0.05, 0) is 73.8 Å². The average Bonchev–Trinajstić information content (AvgIpc) is 2.64. The van der Waals surface area contributed by atoms with Crippen molar-refractivity contribution >= 4 is 16.7 Å². The molecule has 0 N–H and O–H groups in total. The van der Waals surface area contributed by atoms with Gasteiger partial charge in [-0.2, -0.15) is 0 Å². The van der Waals surface area contributed by atoms with Gasteiger partial charge in [-0.1, -0.05) is 18.6 Å². The summed E-state index contributed by atoms with van der Waals surface area (Å²) in [7, 11) is 0. The number of ether oxygens (including phenoxy) is 1. The molecule has 2 aromatic rings. The molecule has 0 saturated carbocycles. The smallest absolute Gasteiger partial charge is 0.253 e. The first kappa shape index (κ1) is 17.3. The average molecular weight is 352 g/mol. The Morgan fingerprint density at radius 3 is 2.42 bits per heavy atom. The van der Waals surface area contributed by atoms with Gasteiger partial charge in [-0.3, -0.25) is 4.79 Å². The maximum Gasteiger partial charge on any atom is 0.253 e. The highest BCUT2D eigenvalue weighted by molar-refractivity contribution is 5.99. The van der Waals surface area contributed by atoms with Gasteiger partial charge in [0, 0.05) is 25.2 Å². The number of fused-ring (bicyclic) bond motifs is 1. The van der Waals surface area contributed by atoms with Crippen molar-refractivity contribution in [2.75, 3.05) is 39.3 Å². The van der Waals surface area contributed by atoms with Crippen molar-refractivity contribution in [3.05, 3.63) is 42.0 Å². The molecule has 26 heavy (non-hydrogen) atoms. The SMILES string of the molecule is O=C(c1ccc2cc(OCCCN3CCCCC3)ccc2c1)N1CCC1. The van der Waals surface area contributed by atoms with Crippen molar-refractivity contribution in [2.45, 2.75) is 32.1 Å². The van der Waals surface area contributed by atoms with Crippen molar-refractivity contribution in [3.63, 3.8) is 0 Å². The second-order valence-corrected chi connectivity index (χ2v) is 7.47. The van der Waals surface area contributed by atoms with Gasteiger partial charge < -0.3 is 14.5 Å². The van der Waals surface area contributed by atoms with E-state index in [4.69, 9.17) is 4.74 Å². The second-order valence-electron chi connectivity index (χ2n) is 7.47. The zero-order chi connectivity index (χ0) is 17.8. The number of nitrogens with zero attached hydrogens (tertiary/aromatic N) is 2. The van der Waals surface area contributed by atoms with E-state index < -0.39 is 0 Å². The Labute approximate surface area is 155 Å². The van der Waals surface area contributed by atoms with E-state index >= 15 is 0 Å². The van der Waals surface area contributed by atoms with Crippen LogP contribution in [0.4, 0.5) is 0 Å². The number of benzene rings is 2. The first-order chi connectivity index (χ1) is 12.8. The number of hydrogen-bond donors (Lipinski definition) is 0. The third-order valence-corrected chi connectivity index (χ3v) is 5.54. The Morgan fingerprint density at radius 1 is 0.885 bits per heavy atom. The van der Waals surface area contributed by atoms with Crippen LogP contribution >= 0.6 is 0 Å². The number of piperidine rings is 1. The van der Waals surface area contributed by atoms with Gasteiger partial charge >= 0.3 is 0 Å². The highest BCUT2D eigenvalue weighted by Crippen LogP contribution is 2.23. The quantitative estimate of drug-likeness (QED) is 0.738. The van der Waals surface area contributed by atoms with Gasteiger partial charge in [0.2, 0.25) is 0 Å². The fraction of sp³-hybridized carbons (Fsp3) is 0.500. The largest absolute Gasteiger partial charge is 0.494 e. The number of carbonyl (C=O) groups excluding carboxylic acids is 1.